The highest BCUT2D eigenvalue weighted by Crippen LogP contribution is 2.45. The number of ketones is 2. The van der Waals surface area contributed by atoms with Crippen LogP contribution in [0.25, 0.3) is 5.76 Å². The largest absolute Gasteiger partial charge is 0.465 e. The van der Waals surface area contributed by atoms with Gasteiger partial charge < -0.3 is 19.9 Å². The summed E-state index contributed by atoms with van der Waals surface area (Å²) in [4.78, 5) is 39.3. The fraction of sp³-hybridized carbons (Fsp3) is 0.227. The maximum atomic E-state index is 13.2. The lowest BCUT2D eigenvalue weighted by atomic mass is 9.85. The molecule has 4 rings (SSSR count). The summed E-state index contributed by atoms with van der Waals surface area (Å²) >= 11 is 0. The van der Waals surface area contributed by atoms with Crippen molar-refractivity contribution in [1.82, 2.24) is 5.32 Å². The number of ether oxygens (including phenoxy) is 2. The van der Waals surface area contributed by atoms with Crippen molar-refractivity contribution in [2.24, 2.45) is 0 Å². The van der Waals surface area contributed by atoms with Gasteiger partial charge in [-0.2, -0.15) is 0 Å². The zero-order chi connectivity index (χ0) is 20.8. The Hall–Kier alpha value is -3.29. The van der Waals surface area contributed by atoms with Crippen molar-refractivity contribution in [2.75, 3.05) is 7.11 Å². The molecule has 7 heteroatoms. The SMILES string of the molecule is CO[C@@]1(C(=O)c2ccccc2)NC(=O)[C@@]2(OC(c3ccccc3)=C(C)C2=O)[C@H]1O. The lowest BCUT2D eigenvalue weighted by Crippen LogP contribution is -2.60. The van der Waals surface area contributed by atoms with Gasteiger partial charge in [-0.1, -0.05) is 60.7 Å². The molecule has 0 aliphatic carbocycles. The first kappa shape index (κ1) is 19.0. The predicted octanol–water partition coefficient (Wildman–Crippen LogP) is 1.47. The summed E-state index contributed by atoms with van der Waals surface area (Å²) in [6.07, 6.45) is -1.90. The molecular formula is C22H19NO6. The molecule has 0 radical (unpaired) electrons. The second kappa shape index (κ2) is 6.65. The van der Waals surface area contributed by atoms with Crippen LogP contribution in [0.5, 0.6) is 0 Å². The standard InChI is InChI=1S/C22H19NO6/c1-13-16(14-9-5-3-6-10-14)29-21(17(13)24)19(26)22(28-2,23-20(21)27)18(25)15-11-7-4-8-12-15/h3-12,19,26H,1-2H3,(H,23,27)/t19-,21+,22-/m1/s1. The quantitative estimate of drug-likeness (QED) is 0.603. The van der Waals surface area contributed by atoms with Gasteiger partial charge in [-0.25, -0.2) is 0 Å². The smallest absolute Gasteiger partial charge is 0.279 e. The molecule has 2 aromatic carbocycles. The topological polar surface area (TPSA) is 102 Å². The average Bonchev–Trinajstić information content (AvgIpc) is 3.16. The molecule has 1 spiro atoms. The van der Waals surface area contributed by atoms with E-state index in [0.29, 0.717) is 5.56 Å². The molecule has 29 heavy (non-hydrogen) atoms. The first-order valence-corrected chi connectivity index (χ1v) is 9.04. The molecule has 7 nitrogen and oxygen atoms in total. The molecule has 1 saturated heterocycles. The van der Waals surface area contributed by atoms with Gasteiger partial charge in [0.1, 0.15) is 5.76 Å². The van der Waals surface area contributed by atoms with Crippen LogP contribution in [0.4, 0.5) is 0 Å². The Kier molecular flexibility index (Phi) is 4.37. The monoisotopic (exact) mass is 393 g/mol. The number of nitrogens with one attached hydrogen (secondary N) is 1. The highest BCUT2D eigenvalue weighted by atomic mass is 16.6. The van der Waals surface area contributed by atoms with Crippen LogP contribution < -0.4 is 5.32 Å². The third-order valence-electron chi connectivity index (χ3n) is 5.42. The molecule has 0 bridgehead atoms. The van der Waals surface area contributed by atoms with Crippen molar-refractivity contribution in [1.29, 1.82) is 0 Å². The Bertz CT molecular complexity index is 1030. The summed E-state index contributed by atoms with van der Waals surface area (Å²) in [5.74, 6) is -2.13. The maximum Gasteiger partial charge on any atom is 0.279 e. The van der Waals surface area contributed by atoms with Gasteiger partial charge in [0.05, 0.1) is 0 Å². The molecule has 0 saturated carbocycles. The molecule has 2 aliphatic rings. The van der Waals surface area contributed by atoms with E-state index in [-0.39, 0.29) is 16.9 Å². The van der Waals surface area contributed by atoms with E-state index < -0.39 is 34.9 Å². The zero-order valence-corrected chi connectivity index (χ0v) is 15.8. The second-order valence-corrected chi connectivity index (χ2v) is 6.98. The van der Waals surface area contributed by atoms with E-state index in [9.17, 15) is 19.5 Å². The number of benzene rings is 2. The van der Waals surface area contributed by atoms with Crippen LogP contribution >= 0.6 is 0 Å². The number of carbonyl (C=O) groups excluding carboxylic acids is 3. The molecular weight excluding hydrogens is 374 g/mol. The van der Waals surface area contributed by atoms with Gasteiger partial charge >= 0.3 is 0 Å². The number of rotatable bonds is 4. The fourth-order valence-electron chi connectivity index (χ4n) is 3.84. The van der Waals surface area contributed by atoms with Crippen molar-refractivity contribution in [2.45, 2.75) is 24.4 Å². The van der Waals surface area contributed by atoms with Gasteiger partial charge in [0.2, 0.25) is 17.3 Å². The van der Waals surface area contributed by atoms with Crippen LogP contribution in [0.15, 0.2) is 66.2 Å². The summed E-state index contributed by atoms with van der Waals surface area (Å²) in [6.45, 7) is 1.52. The second-order valence-electron chi connectivity index (χ2n) is 6.98. The lowest BCUT2D eigenvalue weighted by Gasteiger charge is -2.32. The Labute approximate surface area is 166 Å². The number of carbonyl (C=O) groups is 3. The zero-order valence-electron chi connectivity index (χ0n) is 15.8. The van der Waals surface area contributed by atoms with Gasteiger partial charge in [-0.05, 0) is 6.92 Å². The van der Waals surface area contributed by atoms with Crippen LogP contribution in [-0.4, -0.2) is 47.1 Å². The van der Waals surface area contributed by atoms with Gasteiger partial charge in [0, 0.05) is 23.8 Å². The summed E-state index contributed by atoms with van der Waals surface area (Å²) in [7, 11) is 1.18. The third-order valence-corrected chi connectivity index (χ3v) is 5.42. The average molecular weight is 393 g/mol. The van der Waals surface area contributed by atoms with Crippen molar-refractivity contribution in [3.05, 3.63) is 77.4 Å². The number of aliphatic hydroxyl groups is 1. The van der Waals surface area contributed by atoms with E-state index in [4.69, 9.17) is 9.47 Å². The van der Waals surface area contributed by atoms with E-state index in [1.54, 1.807) is 48.5 Å². The maximum absolute atomic E-state index is 13.2. The first-order chi connectivity index (χ1) is 13.9. The minimum absolute atomic E-state index is 0.184. The Morgan fingerprint density at radius 3 is 2.24 bits per heavy atom. The molecule has 2 heterocycles. The molecule has 148 valence electrons. The highest BCUT2D eigenvalue weighted by Gasteiger charge is 2.73. The Morgan fingerprint density at radius 1 is 1.07 bits per heavy atom. The van der Waals surface area contributed by atoms with Crippen LogP contribution in [-0.2, 0) is 19.1 Å². The van der Waals surface area contributed by atoms with Gasteiger partial charge in [0.15, 0.2) is 6.10 Å². The summed E-state index contributed by atoms with van der Waals surface area (Å²) < 4.78 is 11.2. The third kappa shape index (κ3) is 2.48. The number of Topliss-reactive ketones (excluding diaryl/α,β-unsaturated/α-hetero) is 2. The van der Waals surface area contributed by atoms with E-state index in [1.165, 1.54) is 26.2 Å². The van der Waals surface area contributed by atoms with E-state index in [0.717, 1.165) is 0 Å². The van der Waals surface area contributed by atoms with Crippen LogP contribution in [0, 0.1) is 0 Å². The molecule has 2 aliphatic heterocycles. The molecule has 0 aromatic heterocycles. The van der Waals surface area contributed by atoms with E-state index >= 15 is 0 Å². The van der Waals surface area contributed by atoms with E-state index in [2.05, 4.69) is 5.32 Å². The first-order valence-electron chi connectivity index (χ1n) is 9.04. The van der Waals surface area contributed by atoms with Crippen LogP contribution in [0.2, 0.25) is 0 Å². The minimum Gasteiger partial charge on any atom is -0.465 e. The normalized spacial score (nSPS) is 28.6. The van der Waals surface area contributed by atoms with Crippen molar-refractivity contribution in [3.63, 3.8) is 0 Å². The van der Waals surface area contributed by atoms with Crippen LogP contribution in [0.3, 0.4) is 0 Å². The van der Waals surface area contributed by atoms with Crippen molar-refractivity contribution < 1.29 is 29.0 Å². The molecule has 3 atom stereocenters. The molecule has 1 fully saturated rings. The highest BCUT2D eigenvalue weighted by molar-refractivity contribution is 6.25. The number of hydrogen-bond acceptors (Lipinski definition) is 6. The van der Waals surface area contributed by atoms with Crippen LogP contribution in [0.1, 0.15) is 22.8 Å². The molecule has 2 N–H and O–H groups in total. The number of amides is 1. The minimum atomic E-state index is -2.30. The summed E-state index contributed by atoms with van der Waals surface area (Å²) in [5.41, 5.74) is -3.47. The molecule has 2 aromatic rings. The van der Waals surface area contributed by atoms with Crippen molar-refractivity contribution in [3.8, 4) is 0 Å². The van der Waals surface area contributed by atoms with Gasteiger partial charge in [0.25, 0.3) is 11.5 Å². The predicted molar refractivity (Wildman–Crippen MR) is 103 cm³/mol. The molecule has 0 unspecified atom stereocenters. The number of hydrogen-bond donors (Lipinski definition) is 2. The van der Waals surface area contributed by atoms with Gasteiger partial charge in [-0.15, -0.1) is 0 Å². The van der Waals surface area contributed by atoms with E-state index in [1.807, 2.05) is 0 Å². The van der Waals surface area contributed by atoms with Crippen molar-refractivity contribution >= 4 is 23.2 Å². The number of aliphatic hydroxyl groups excluding tert-OH is 1. The van der Waals surface area contributed by atoms with Gasteiger partial charge in [-0.3, -0.25) is 14.4 Å². The number of methoxy groups -OCH3 is 1. The lowest BCUT2D eigenvalue weighted by molar-refractivity contribution is -0.156. The fourth-order valence-corrected chi connectivity index (χ4v) is 3.84. The Balaban J connectivity index is 1.78. The molecule has 1 amide bonds. The summed E-state index contributed by atoms with van der Waals surface area (Å²) in [6, 6.07) is 16.9. The Morgan fingerprint density at radius 2 is 1.66 bits per heavy atom. The summed E-state index contributed by atoms with van der Waals surface area (Å²) in [5, 5.41) is 13.5.